The second-order valence-corrected chi connectivity index (χ2v) is 3.38. The third-order valence-corrected chi connectivity index (χ3v) is 2.38. The topological polar surface area (TPSA) is 52.7 Å². The summed E-state index contributed by atoms with van der Waals surface area (Å²) in [5.41, 5.74) is 0. The first-order chi connectivity index (χ1) is 6.65. The molecule has 1 fully saturated rings. The molecule has 0 aliphatic carbocycles. The van der Waals surface area contributed by atoms with Crippen LogP contribution < -0.4 is 5.32 Å². The summed E-state index contributed by atoms with van der Waals surface area (Å²) < 4.78 is 0. The second-order valence-electron chi connectivity index (χ2n) is 3.38. The third-order valence-electron chi connectivity index (χ3n) is 2.38. The molecule has 0 unspecified atom stereocenters. The summed E-state index contributed by atoms with van der Waals surface area (Å²) >= 11 is 0. The molecule has 1 aliphatic rings. The van der Waals surface area contributed by atoms with Crippen molar-refractivity contribution < 1.29 is 9.59 Å². The molecule has 1 N–H and O–H groups in total. The van der Waals surface area contributed by atoms with E-state index in [-0.39, 0.29) is 11.9 Å². The molecule has 5 nitrogen and oxygen atoms in total. The van der Waals surface area contributed by atoms with Crippen LogP contribution in [-0.2, 0) is 4.79 Å². The summed E-state index contributed by atoms with van der Waals surface area (Å²) in [6.45, 7) is 4.31. The van der Waals surface area contributed by atoms with E-state index >= 15 is 0 Å². The van der Waals surface area contributed by atoms with Crippen molar-refractivity contribution in [2.45, 2.75) is 13.3 Å². The molecule has 14 heavy (non-hydrogen) atoms. The van der Waals surface area contributed by atoms with E-state index in [9.17, 15) is 9.59 Å². The molecular weight excluding hydrogens is 182 g/mol. The fraction of sp³-hybridized carbons (Fsp3) is 0.778. The minimum Gasteiger partial charge on any atom is -0.354 e. The lowest BCUT2D eigenvalue weighted by Crippen LogP contribution is -2.42. The molecule has 1 aliphatic heterocycles. The van der Waals surface area contributed by atoms with Crippen molar-refractivity contribution in [2.24, 2.45) is 0 Å². The van der Waals surface area contributed by atoms with E-state index in [0.717, 1.165) is 0 Å². The Balaban J connectivity index is 2.51. The highest BCUT2D eigenvalue weighted by atomic mass is 16.2. The number of rotatable bonds is 1. The first-order valence-electron chi connectivity index (χ1n) is 4.92. The SMILES string of the molecule is CCN(C)C(=O)N1CCNC(=O)CC1. The molecule has 0 spiro atoms. The first kappa shape index (κ1) is 10.8. The van der Waals surface area contributed by atoms with Crippen LogP contribution in [0, 0.1) is 0 Å². The largest absolute Gasteiger partial charge is 0.354 e. The van der Waals surface area contributed by atoms with E-state index in [0.29, 0.717) is 32.6 Å². The lowest BCUT2D eigenvalue weighted by Gasteiger charge is -2.25. The Kier molecular flexibility index (Phi) is 3.73. The van der Waals surface area contributed by atoms with Crippen LogP contribution in [0.4, 0.5) is 4.79 Å². The van der Waals surface area contributed by atoms with E-state index in [2.05, 4.69) is 5.32 Å². The Hall–Kier alpha value is -1.26. The van der Waals surface area contributed by atoms with Crippen LogP contribution in [0.2, 0.25) is 0 Å². The van der Waals surface area contributed by atoms with Gasteiger partial charge in [-0.3, -0.25) is 4.79 Å². The third kappa shape index (κ3) is 2.61. The van der Waals surface area contributed by atoms with Gasteiger partial charge >= 0.3 is 6.03 Å². The van der Waals surface area contributed by atoms with Gasteiger partial charge in [0.05, 0.1) is 0 Å². The summed E-state index contributed by atoms with van der Waals surface area (Å²) in [5.74, 6) is 0.0273. The molecule has 80 valence electrons. The molecule has 0 saturated carbocycles. The Morgan fingerprint density at radius 3 is 2.93 bits per heavy atom. The molecule has 0 bridgehead atoms. The zero-order chi connectivity index (χ0) is 10.6. The van der Waals surface area contributed by atoms with E-state index in [4.69, 9.17) is 0 Å². The molecule has 1 heterocycles. The van der Waals surface area contributed by atoms with Gasteiger partial charge in [0, 0.05) is 39.6 Å². The molecule has 0 atom stereocenters. The number of hydrogen-bond donors (Lipinski definition) is 1. The molecular formula is C9H17N3O2. The van der Waals surface area contributed by atoms with Crippen LogP contribution in [-0.4, -0.2) is 55.0 Å². The van der Waals surface area contributed by atoms with Crippen LogP contribution in [0.15, 0.2) is 0 Å². The Morgan fingerprint density at radius 2 is 2.29 bits per heavy atom. The first-order valence-corrected chi connectivity index (χ1v) is 4.92. The van der Waals surface area contributed by atoms with Gasteiger partial charge in [-0.15, -0.1) is 0 Å². The number of nitrogens with one attached hydrogen (secondary N) is 1. The zero-order valence-corrected chi connectivity index (χ0v) is 8.75. The van der Waals surface area contributed by atoms with Gasteiger partial charge in [0.2, 0.25) is 5.91 Å². The highest BCUT2D eigenvalue weighted by Gasteiger charge is 2.20. The average molecular weight is 199 g/mol. The van der Waals surface area contributed by atoms with Crippen molar-refractivity contribution in [3.8, 4) is 0 Å². The predicted octanol–water partition coefficient (Wildman–Crippen LogP) is -0.120. The fourth-order valence-electron chi connectivity index (χ4n) is 1.33. The predicted molar refractivity (Wildman–Crippen MR) is 52.9 cm³/mol. The number of amides is 3. The summed E-state index contributed by atoms with van der Waals surface area (Å²) in [5, 5.41) is 2.73. The van der Waals surface area contributed by atoms with Crippen molar-refractivity contribution in [1.29, 1.82) is 0 Å². The van der Waals surface area contributed by atoms with Gasteiger partial charge in [-0.1, -0.05) is 0 Å². The van der Waals surface area contributed by atoms with Gasteiger partial charge in [0.15, 0.2) is 0 Å². The smallest absolute Gasteiger partial charge is 0.319 e. The van der Waals surface area contributed by atoms with Gasteiger partial charge in [-0.25, -0.2) is 4.79 Å². The zero-order valence-electron chi connectivity index (χ0n) is 8.75. The molecule has 1 saturated heterocycles. The Morgan fingerprint density at radius 1 is 1.57 bits per heavy atom. The maximum Gasteiger partial charge on any atom is 0.319 e. The van der Waals surface area contributed by atoms with Crippen LogP contribution in [0.25, 0.3) is 0 Å². The molecule has 1 rings (SSSR count). The van der Waals surface area contributed by atoms with E-state index in [1.54, 1.807) is 16.8 Å². The minimum absolute atomic E-state index is 0.00370. The van der Waals surface area contributed by atoms with Crippen LogP contribution in [0.3, 0.4) is 0 Å². The van der Waals surface area contributed by atoms with Gasteiger partial charge in [0.25, 0.3) is 0 Å². The maximum absolute atomic E-state index is 11.7. The average Bonchev–Trinajstić information content (AvgIpc) is 2.40. The molecule has 3 amide bonds. The van der Waals surface area contributed by atoms with Crippen molar-refractivity contribution >= 4 is 11.9 Å². The van der Waals surface area contributed by atoms with Gasteiger partial charge in [0.1, 0.15) is 0 Å². The number of nitrogens with zero attached hydrogens (tertiary/aromatic N) is 2. The number of hydrogen-bond acceptors (Lipinski definition) is 2. The standard InChI is InChI=1S/C9H17N3O2/c1-3-11(2)9(14)12-6-4-8(13)10-5-7-12/h3-7H2,1-2H3,(H,10,13). The maximum atomic E-state index is 11.7. The van der Waals surface area contributed by atoms with Crippen molar-refractivity contribution in [3.05, 3.63) is 0 Å². The molecule has 0 aromatic heterocycles. The Labute approximate surface area is 84.0 Å². The highest BCUT2D eigenvalue weighted by Crippen LogP contribution is 2.00. The summed E-state index contributed by atoms with van der Waals surface area (Å²) in [7, 11) is 1.77. The number of urea groups is 1. The van der Waals surface area contributed by atoms with Crippen LogP contribution in [0.5, 0.6) is 0 Å². The van der Waals surface area contributed by atoms with Crippen molar-refractivity contribution in [1.82, 2.24) is 15.1 Å². The molecule has 5 heteroatoms. The number of carbonyl (C=O) groups is 2. The van der Waals surface area contributed by atoms with Crippen LogP contribution in [0.1, 0.15) is 13.3 Å². The van der Waals surface area contributed by atoms with E-state index in [1.165, 1.54) is 0 Å². The van der Waals surface area contributed by atoms with Crippen molar-refractivity contribution in [3.63, 3.8) is 0 Å². The van der Waals surface area contributed by atoms with Gasteiger partial charge in [-0.05, 0) is 6.92 Å². The van der Waals surface area contributed by atoms with Crippen molar-refractivity contribution in [2.75, 3.05) is 33.2 Å². The van der Waals surface area contributed by atoms with E-state index < -0.39 is 0 Å². The lowest BCUT2D eigenvalue weighted by molar-refractivity contribution is -0.120. The lowest BCUT2D eigenvalue weighted by atomic mass is 10.4. The fourth-order valence-corrected chi connectivity index (χ4v) is 1.33. The summed E-state index contributed by atoms with van der Waals surface area (Å²) in [6, 6.07) is 0.00370. The number of carbonyl (C=O) groups excluding carboxylic acids is 2. The van der Waals surface area contributed by atoms with Gasteiger partial charge in [-0.2, -0.15) is 0 Å². The quantitative estimate of drug-likeness (QED) is 0.640. The molecule has 0 aromatic carbocycles. The van der Waals surface area contributed by atoms with Gasteiger partial charge < -0.3 is 15.1 Å². The highest BCUT2D eigenvalue weighted by molar-refractivity contribution is 5.79. The Bertz CT molecular complexity index is 230. The van der Waals surface area contributed by atoms with Crippen LogP contribution >= 0.6 is 0 Å². The van der Waals surface area contributed by atoms with E-state index in [1.807, 2.05) is 6.92 Å². The summed E-state index contributed by atoms with van der Waals surface area (Å²) in [6.07, 6.45) is 0.406. The minimum atomic E-state index is 0.00370. The summed E-state index contributed by atoms with van der Waals surface area (Å²) in [4.78, 5) is 26.1. The normalized spacial score (nSPS) is 17.3. The molecule has 0 radical (unpaired) electrons. The second kappa shape index (κ2) is 4.83. The molecule has 0 aromatic rings. The monoisotopic (exact) mass is 199 g/mol.